The van der Waals surface area contributed by atoms with Crippen molar-refractivity contribution in [2.75, 3.05) is 7.05 Å². The molecule has 0 radical (unpaired) electrons. The molecule has 0 aromatic heterocycles. The minimum absolute atomic E-state index is 0.0659. The first-order chi connectivity index (χ1) is 15.3. The van der Waals surface area contributed by atoms with Crippen molar-refractivity contribution in [3.63, 3.8) is 0 Å². The maximum absolute atomic E-state index is 13.2. The number of rotatable bonds is 7. The Bertz CT molecular complexity index is 1120. The number of carbonyl (C=O) groups is 3. The van der Waals surface area contributed by atoms with Crippen molar-refractivity contribution in [2.45, 2.75) is 26.4 Å². The van der Waals surface area contributed by atoms with Crippen molar-refractivity contribution < 1.29 is 18.8 Å². The number of nitrogens with one attached hydrogen (secondary N) is 1. The van der Waals surface area contributed by atoms with Gasteiger partial charge in [-0.15, -0.1) is 0 Å². The van der Waals surface area contributed by atoms with E-state index in [9.17, 15) is 18.8 Å². The third kappa shape index (κ3) is 5.27. The molecule has 0 heterocycles. The average molecular weight is 432 g/mol. The van der Waals surface area contributed by atoms with Gasteiger partial charge in [-0.3, -0.25) is 14.4 Å². The Balaban J connectivity index is 1.70. The minimum atomic E-state index is -0.434. The molecule has 0 unspecified atom stereocenters. The van der Waals surface area contributed by atoms with Gasteiger partial charge in [0.1, 0.15) is 5.82 Å². The van der Waals surface area contributed by atoms with Gasteiger partial charge < -0.3 is 10.2 Å². The average Bonchev–Trinajstić information content (AvgIpc) is 2.82. The van der Waals surface area contributed by atoms with Crippen molar-refractivity contribution in [3.8, 4) is 0 Å². The van der Waals surface area contributed by atoms with E-state index >= 15 is 0 Å². The summed E-state index contributed by atoms with van der Waals surface area (Å²) in [6.07, 6.45) is 0. The van der Waals surface area contributed by atoms with Gasteiger partial charge in [0.2, 0.25) is 0 Å². The van der Waals surface area contributed by atoms with Crippen molar-refractivity contribution in [3.05, 3.63) is 106 Å². The van der Waals surface area contributed by atoms with Gasteiger partial charge in [-0.2, -0.15) is 0 Å². The number of carbonyl (C=O) groups excluding carboxylic acids is 3. The quantitative estimate of drug-likeness (QED) is 0.561. The Kier molecular flexibility index (Phi) is 7.15. The first kappa shape index (κ1) is 22.9. The van der Waals surface area contributed by atoms with Crippen LogP contribution in [0.15, 0.2) is 72.8 Å². The molecular weight excluding hydrogens is 407 g/mol. The van der Waals surface area contributed by atoms with E-state index in [1.807, 2.05) is 13.8 Å². The Morgan fingerprint density at radius 2 is 1.41 bits per heavy atom. The van der Waals surface area contributed by atoms with Crippen LogP contribution in [-0.4, -0.2) is 35.6 Å². The number of halogens is 1. The van der Waals surface area contributed by atoms with Crippen LogP contribution in [0.25, 0.3) is 0 Å². The zero-order valence-electron chi connectivity index (χ0n) is 18.3. The molecule has 0 aliphatic carbocycles. The Labute approximate surface area is 186 Å². The van der Waals surface area contributed by atoms with Gasteiger partial charge in [0.05, 0.1) is 5.56 Å². The van der Waals surface area contributed by atoms with Gasteiger partial charge >= 0.3 is 0 Å². The third-order valence-electron chi connectivity index (χ3n) is 5.27. The molecule has 3 aromatic rings. The topological polar surface area (TPSA) is 66.5 Å². The van der Waals surface area contributed by atoms with E-state index in [1.54, 1.807) is 60.5 Å². The van der Waals surface area contributed by atoms with Gasteiger partial charge in [0.25, 0.3) is 11.8 Å². The van der Waals surface area contributed by atoms with Crippen LogP contribution in [0.1, 0.15) is 56.0 Å². The molecule has 3 rings (SSSR count). The van der Waals surface area contributed by atoms with Crippen molar-refractivity contribution >= 4 is 17.6 Å². The molecule has 1 N–H and O–H groups in total. The summed E-state index contributed by atoms with van der Waals surface area (Å²) in [7, 11) is 1.76. The van der Waals surface area contributed by atoms with E-state index in [2.05, 4.69) is 5.32 Å². The third-order valence-corrected chi connectivity index (χ3v) is 5.27. The van der Waals surface area contributed by atoms with Crippen LogP contribution >= 0.6 is 0 Å². The molecule has 0 atom stereocenters. The van der Waals surface area contributed by atoms with E-state index in [0.29, 0.717) is 11.1 Å². The summed E-state index contributed by atoms with van der Waals surface area (Å²) in [6.45, 7) is 4.13. The second-order valence-electron chi connectivity index (χ2n) is 7.77. The summed E-state index contributed by atoms with van der Waals surface area (Å²) in [4.78, 5) is 39.7. The summed E-state index contributed by atoms with van der Waals surface area (Å²) in [5, 5.41) is 2.81. The highest BCUT2D eigenvalue weighted by Crippen LogP contribution is 2.16. The molecule has 0 saturated carbocycles. The fourth-order valence-corrected chi connectivity index (χ4v) is 3.12. The Hall–Kier alpha value is -3.80. The molecule has 6 heteroatoms. The Morgan fingerprint density at radius 3 is 2.00 bits per heavy atom. The number of ketones is 1. The lowest BCUT2D eigenvalue weighted by Gasteiger charge is -2.21. The summed E-state index contributed by atoms with van der Waals surface area (Å²) in [5.41, 5.74) is 2.19. The van der Waals surface area contributed by atoms with Crippen molar-refractivity contribution in [1.82, 2.24) is 10.2 Å². The lowest BCUT2D eigenvalue weighted by Crippen LogP contribution is -2.32. The molecule has 32 heavy (non-hydrogen) atoms. The van der Waals surface area contributed by atoms with E-state index in [4.69, 9.17) is 0 Å². The van der Waals surface area contributed by atoms with Crippen LogP contribution in [0.5, 0.6) is 0 Å². The van der Waals surface area contributed by atoms with Crippen LogP contribution in [0, 0.1) is 5.82 Å². The normalized spacial score (nSPS) is 10.7. The molecule has 5 nitrogen and oxygen atoms in total. The minimum Gasteiger partial charge on any atom is -0.348 e. The van der Waals surface area contributed by atoms with Crippen molar-refractivity contribution in [2.24, 2.45) is 0 Å². The predicted octanol–water partition coefficient (Wildman–Crippen LogP) is 4.47. The highest BCUT2D eigenvalue weighted by Gasteiger charge is 2.18. The summed E-state index contributed by atoms with van der Waals surface area (Å²) < 4.78 is 13.2. The first-order valence-corrected chi connectivity index (χ1v) is 10.3. The monoisotopic (exact) mass is 432 g/mol. The molecule has 0 aliphatic heterocycles. The summed E-state index contributed by atoms with van der Waals surface area (Å²) in [6, 6.07) is 18.9. The zero-order valence-corrected chi connectivity index (χ0v) is 18.3. The largest absolute Gasteiger partial charge is 0.348 e. The lowest BCUT2D eigenvalue weighted by molar-refractivity contribution is 0.0754. The van der Waals surface area contributed by atoms with E-state index in [-0.39, 0.29) is 35.4 Å². The summed E-state index contributed by atoms with van der Waals surface area (Å²) >= 11 is 0. The van der Waals surface area contributed by atoms with Crippen LogP contribution in [-0.2, 0) is 6.54 Å². The fourth-order valence-electron chi connectivity index (χ4n) is 3.12. The van der Waals surface area contributed by atoms with E-state index in [0.717, 1.165) is 5.56 Å². The first-order valence-electron chi connectivity index (χ1n) is 10.3. The second-order valence-corrected chi connectivity index (χ2v) is 7.77. The molecule has 0 spiro atoms. The molecule has 0 bridgehead atoms. The number of benzene rings is 3. The van der Waals surface area contributed by atoms with Crippen LogP contribution in [0.3, 0.4) is 0 Å². The SMILES string of the molecule is CC(C)N(C)C(=O)c1ccc(CNC(=O)c2ccccc2C(=O)c2ccc(F)cc2)cc1. The number of hydrogen-bond donors (Lipinski definition) is 1. The van der Waals surface area contributed by atoms with Gasteiger partial charge in [0.15, 0.2) is 5.78 Å². The highest BCUT2D eigenvalue weighted by molar-refractivity contribution is 6.15. The van der Waals surface area contributed by atoms with Crippen LogP contribution in [0.2, 0.25) is 0 Å². The van der Waals surface area contributed by atoms with Gasteiger partial charge in [0, 0.05) is 36.3 Å². The molecule has 0 aliphatic rings. The van der Waals surface area contributed by atoms with Gasteiger partial charge in [-0.25, -0.2) is 4.39 Å². The van der Waals surface area contributed by atoms with Crippen LogP contribution < -0.4 is 5.32 Å². The number of nitrogens with zero attached hydrogens (tertiary/aromatic N) is 1. The molecule has 0 fully saturated rings. The fraction of sp³-hybridized carbons (Fsp3) is 0.192. The smallest absolute Gasteiger partial charge is 0.253 e. The lowest BCUT2D eigenvalue weighted by atomic mass is 9.98. The molecule has 3 aromatic carbocycles. The standard InChI is InChI=1S/C26H25FN2O3/c1-17(2)29(3)26(32)20-10-8-18(9-11-20)16-28-25(31)23-7-5-4-6-22(23)24(30)19-12-14-21(27)15-13-19/h4-15,17H,16H2,1-3H3,(H,28,31). The molecule has 164 valence electrons. The van der Waals surface area contributed by atoms with Gasteiger partial charge in [-0.05, 0) is 61.9 Å². The summed E-state index contributed by atoms with van der Waals surface area (Å²) in [5.74, 6) is -1.25. The second kappa shape index (κ2) is 10.0. The van der Waals surface area contributed by atoms with E-state index < -0.39 is 11.7 Å². The number of amides is 2. The molecular formula is C26H25FN2O3. The molecule has 2 amide bonds. The zero-order chi connectivity index (χ0) is 23.3. The number of hydrogen-bond acceptors (Lipinski definition) is 3. The highest BCUT2D eigenvalue weighted by atomic mass is 19.1. The predicted molar refractivity (Wildman–Crippen MR) is 121 cm³/mol. The Morgan fingerprint density at radius 1 is 0.844 bits per heavy atom. The van der Waals surface area contributed by atoms with Gasteiger partial charge in [-0.1, -0.05) is 30.3 Å². The maximum atomic E-state index is 13.2. The van der Waals surface area contributed by atoms with Crippen molar-refractivity contribution in [1.29, 1.82) is 0 Å². The molecule has 0 saturated heterocycles. The van der Waals surface area contributed by atoms with Crippen LogP contribution in [0.4, 0.5) is 4.39 Å². The maximum Gasteiger partial charge on any atom is 0.253 e. The van der Waals surface area contributed by atoms with E-state index in [1.165, 1.54) is 24.3 Å².